The first-order chi connectivity index (χ1) is 12.1. The number of amides is 1. The second-order valence-corrected chi connectivity index (χ2v) is 7.38. The van der Waals surface area contributed by atoms with Crippen LogP contribution in [0.2, 0.25) is 0 Å². The topological polar surface area (TPSA) is 70.1 Å². The highest BCUT2D eigenvalue weighted by Gasteiger charge is 2.55. The first-order valence-electron chi connectivity index (χ1n) is 9.05. The van der Waals surface area contributed by atoms with Crippen molar-refractivity contribution in [2.75, 3.05) is 44.3 Å². The SMILES string of the molecule is O=C(c1ccc(N2CCOCC2)cc1)N1C[C@@H]2CCC[C@@]2(C(=O)O)C1. The largest absolute Gasteiger partial charge is 0.481 e. The van der Waals surface area contributed by atoms with Gasteiger partial charge in [-0.15, -0.1) is 0 Å². The maximum Gasteiger partial charge on any atom is 0.311 e. The molecule has 2 aliphatic heterocycles. The van der Waals surface area contributed by atoms with Gasteiger partial charge in [-0.05, 0) is 43.0 Å². The monoisotopic (exact) mass is 344 g/mol. The minimum atomic E-state index is -0.743. The molecule has 1 aromatic rings. The number of hydrogen-bond acceptors (Lipinski definition) is 4. The van der Waals surface area contributed by atoms with Gasteiger partial charge in [0.25, 0.3) is 5.91 Å². The van der Waals surface area contributed by atoms with Crippen molar-refractivity contribution < 1.29 is 19.4 Å². The highest BCUT2D eigenvalue weighted by atomic mass is 16.5. The second kappa shape index (κ2) is 6.33. The molecule has 25 heavy (non-hydrogen) atoms. The number of carboxylic acids is 1. The third kappa shape index (κ3) is 2.78. The molecule has 2 atom stereocenters. The third-order valence-electron chi connectivity index (χ3n) is 6.07. The number of benzene rings is 1. The lowest BCUT2D eigenvalue weighted by atomic mass is 9.81. The number of rotatable bonds is 3. The van der Waals surface area contributed by atoms with Crippen molar-refractivity contribution in [2.24, 2.45) is 11.3 Å². The molecule has 0 spiro atoms. The van der Waals surface area contributed by atoms with Crippen LogP contribution in [-0.4, -0.2) is 61.3 Å². The van der Waals surface area contributed by atoms with E-state index in [1.54, 1.807) is 4.90 Å². The highest BCUT2D eigenvalue weighted by Crippen LogP contribution is 2.49. The number of carbonyl (C=O) groups is 2. The predicted molar refractivity (Wildman–Crippen MR) is 92.8 cm³/mol. The van der Waals surface area contributed by atoms with Crippen LogP contribution in [0.3, 0.4) is 0 Å². The van der Waals surface area contributed by atoms with E-state index in [0.717, 1.165) is 44.8 Å². The Morgan fingerprint density at radius 2 is 1.88 bits per heavy atom. The molecular formula is C19H24N2O4. The Kier molecular flexibility index (Phi) is 4.15. The van der Waals surface area contributed by atoms with E-state index in [9.17, 15) is 14.7 Å². The van der Waals surface area contributed by atoms with Crippen molar-refractivity contribution in [2.45, 2.75) is 19.3 Å². The molecule has 134 valence electrons. The van der Waals surface area contributed by atoms with E-state index in [2.05, 4.69) is 4.90 Å². The van der Waals surface area contributed by atoms with Crippen LogP contribution < -0.4 is 4.90 Å². The summed E-state index contributed by atoms with van der Waals surface area (Å²) in [7, 11) is 0. The van der Waals surface area contributed by atoms with E-state index in [4.69, 9.17) is 4.74 Å². The Labute approximate surface area is 147 Å². The van der Waals surface area contributed by atoms with Crippen molar-refractivity contribution >= 4 is 17.6 Å². The molecule has 0 radical (unpaired) electrons. The molecular weight excluding hydrogens is 320 g/mol. The van der Waals surface area contributed by atoms with Crippen LogP contribution in [0.1, 0.15) is 29.6 Å². The minimum Gasteiger partial charge on any atom is -0.481 e. The van der Waals surface area contributed by atoms with Gasteiger partial charge in [0.1, 0.15) is 0 Å². The van der Waals surface area contributed by atoms with Crippen LogP contribution in [0.4, 0.5) is 5.69 Å². The average molecular weight is 344 g/mol. The van der Waals surface area contributed by atoms with Crippen LogP contribution in [0.5, 0.6) is 0 Å². The summed E-state index contributed by atoms with van der Waals surface area (Å²) in [5, 5.41) is 9.67. The predicted octanol–water partition coefficient (Wildman–Crippen LogP) is 1.85. The van der Waals surface area contributed by atoms with E-state index in [1.807, 2.05) is 24.3 Å². The van der Waals surface area contributed by atoms with Gasteiger partial charge >= 0.3 is 5.97 Å². The van der Waals surface area contributed by atoms with Gasteiger partial charge in [-0.1, -0.05) is 6.42 Å². The van der Waals surface area contributed by atoms with Gasteiger partial charge in [-0.25, -0.2) is 0 Å². The van der Waals surface area contributed by atoms with E-state index in [-0.39, 0.29) is 11.8 Å². The van der Waals surface area contributed by atoms with Crippen molar-refractivity contribution in [3.8, 4) is 0 Å². The van der Waals surface area contributed by atoms with Crippen LogP contribution >= 0.6 is 0 Å². The lowest BCUT2D eigenvalue weighted by Gasteiger charge is -2.29. The summed E-state index contributed by atoms with van der Waals surface area (Å²) in [4.78, 5) is 28.6. The molecule has 6 nitrogen and oxygen atoms in total. The van der Waals surface area contributed by atoms with Crippen LogP contribution in [0, 0.1) is 11.3 Å². The molecule has 2 heterocycles. The standard InChI is InChI=1S/C19H24N2O4/c22-17(21-12-15-2-1-7-19(15,13-21)18(23)24)14-3-5-16(6-4-14)20-8-10-25-11-9-20/h3-6,15H,1-2,7-13H2,(H,23,24)/t15-,19+/m0/s1. The number of morpholine rings is 1. The molecule has 1 N–H and O–H groups in total. The van der Waals surface area contributed by atoms with Crippen molar-refractivity contribution in [3.05, 3.63) is 29.8 Å². The Balaban J connectivity index is 1.47. The first kappa shape index (κ1) is 16.4. The third-order valence-corrected chi connectivity index (χ3v) is 6.07. The molecule has 0 bridgehead atoms. The Bertz CT molecular complexity index is 669. The van der Waals surface area contributed by atoms with Gasteiger partial charge in [-0.2, -0.15) is 0 Å². The van der Waals surface area contributed by atoms with E-state index in [1.165, 1.54) is 0 Å². The highest BCUT2D eigenvalue weighted by molar-refractivity contribution is 5.95. The number of nitrogens with zero attached hydrogens (tertiary/aromatic N) is 2. The summed E-state index contributed by atoms with van der Waals surface area (Å²) in [6.45, 7) is 4.10. The number of hydrogen-bond donors (Lipinski definition) is 1. The molecule has 4 rings (SSSR count). The zero-order valence-corrected chi connectivity index (χ0v) is 14.3. The Hall–Kier alpha value is -2.08. The average Bonchev–Trinajstić information content (AvgIpc) is 3.20. The molecule has 1 aliphatic carbocycles. The van der Waals surface area contributed by atoms with Crippen molar-refractivity contribution in [1.82, 2.24) is 4.90 Å². The summed E-state index contributed by atoms with van der Waals surface area (Å²) in [6.07, 6.45) is 2.55. The number of carbonyl (C=O) groups excluding carboxylic acids is 1. The van der Waals surface area contributed by atoms with E-state index < -0.39 is 11.4 Å². The molecule has 2 saturated heterocycles. The van der Waals surface area contributed by atoms with Crippen LogP contribution in [-0.2, 0) is 9.53 Å². The normalized spacial score (nSPS) is 28.9. The number of carboxylic acid groups (broad SMARTS) is 1. The zero-order valence-electron chi connectivity index (χ0n) is 14.3. The number of fused-ring (bicyclic) bond motifs is 1. The van der Waals surface area contributed by atoms with Crippen LogP contribution in [0.25, 0.3) is 0 Å². The van der Waals surface area contributed by atoms with Gasteiger partial charge in [0.2, 0.25) is 0 Å². The Morgan fingerprint density at radius 1 is 1.16 bits per heavy atom. The summed E-state index contributed by atoms with van der Waals surface area (Å²) in [5.41, 5.74) is 1.02. The maximum absolute atomic E-state index is 12.8. The quantitative estimate of drug-likeness (QED) is 0.906. The lowest BCUT2D eigenvalue weighted by Crippen LogP contribution is -2.37. The van der Waals surface area contributed by atoms with Crippen molar-refractivity contribution in [1.29, 1.82) is 0 Å². The fourth-order valence-corrected chi connectivity index (χ4v) is 4.61. The number of anilines is 1. The fraction of sp³-hybridized carbons (Fsp3) is 0.579. The maximum atomic E-state index is 12.8. The van der Waals surface area contributed by atoms with Crippen LogP contribution in [0.15, 0.2) is 24.3 Å². The van der Waals surface area contributed by atoms with Crippen molar-refractivity contribution in [3.63, 3.8) is 0 Å². The summed E-state index contributed by atoms with van der Waals surface area (Å²) in [5.74, 6) is -0.696. The first-order valence-corrected chi connectivity index (χ1v) is 9.05. The molecule has 3 aliphatic rings. The molecule has 6 heteroatoms. The Morgan fingerprint density at radius 3 is 2.52 bits per heavy atom. The molecule has 3 fully saturated rings. The molecule has 1 aromatic carbocycles. The van der Waals surface area contributed by atoms with Gasteiger partial charge in [0, 0.05) is 37.4 Å². The number of ether oxygens (including phenoxy) is 1. The molecule has 1 amide bonds. The zero-order chi connectivity index (χ0) is 17.4. The van der Waals surface area contributed by atoms with E-state index in [0.29, 0.717) is 25.1 Å². The van der Waals surface area contributed by atoms with Gasteiger partial charge in [-0.3, -0.25) is 9.59 Å². The fourth-order valence-electron chi connectivity index (χ4n) is 4.61. The smallest absolute Gasteiger partial charge is 0.311 e. The molecule has 0 aromatic heterocycles. The number of likely N-dealkylation sites (tertiary alicyclic amines) is 1. The molecule has 1 saturated carbocycles. The second-order valence-electron chi connectivity index (χ2n) is 7.38. The molecule has 0 unspecified atom stereocenters. The number of aliphatic carboxylic acids is 1. The van der Waals surface area contributed by atoms with Gasteiger partial charge < -0.3 is 19.6 Å². The lowest BCUT2D eigenvalue weighted by molar-refractivity contribution is -0.149. The van der Waals surface area contributed by atoms with Gasteiger partial charge in [0.15, 0.2) is 0 Å². The minimum absolute atomic E-state index is 0.0523. The van der Waals surface area contributed by atoms with E-state index >= 15 is 0 Å². The summed E-state index contributed by atoms with van der Waals surface area (Å²) < 4.78 is 5.37. The summed E-state index contributed by atoms with van der Waals surface area (Å²) in [6, 6.07) is 7.66. The van der Waals surface area contributed by atoms with Gasteiger partial charge in [0.05, 0.1) is 18.6 Å². The summed E-state index contributed by atoms with van der Waals surface area (Å²) >= 11 is 0.